The molecular formula is C16H14Cl3N3O2. The quantitative estimate of drug-likeness (QED) is 0.530. The van der Waals surface area contributed by atoms with Gasteiger partial charge in [-0.1, -0.05) is 53.5 Å². The number of hydrogen-bond donors (Lipinski definition) is 0. The molecule has 0 fully saturated rings. The van der Waals surface area contributed by atoms with Crippen LogP contribution in [0.3, 0.4) is 0 Å². The average molecular weight is 387 g/mol. The van der Waals surface area contributed by atoms with Gasteiger partial charge in [-0.3, -0.25) is 4.90 Å². The van der Waals surface area contributed by atoms with Gasteiger partial charge in [-0.15, -0.1) is 0 Å². The predicted molar refractivity (Wildman–Crippen MR) is 94.3 cm³/mol. The maximum Gasteiger partial charge on any atom is 0.410 e. The van der Waals surface area contributed by atoms with Crippen LogP contribution >= 0.6 is 34.8 Å². The van der Waals surface area contributed by atoms with Crippen LogP contribution in [-0.4, -0.2) is 27.6 Å². The number of aromatic nitrogens is 2. The maximum absolute atomic E-state index is 12.3. The second-order valence-corrected chi connectivity index (χ2v) is 5.99. The zero-order valence-electron chi connectivity index (χ0n) is 12.6. The summed E-state index contributed by atoms with van der Waals surface area (Å²) in [4.78, 5) is 21.7. The Morgan fingerprint density at radius 3 is 2.38 bits per heavy atom. The zero-order chi connectivity index (χ0) is 17.5. The Hall–Kier alpha value is -1.82. The molecule has 0 saturated heterocycles. The Balaban J connectivity index is 2.19. The van der Waals surface area contributed by atoms with Crippen molar-refractivity contribution in [3.63, 3.8) is 0 Å². The number of rotatable bonds is 6. The molecule has 0 aliphatic rings. The topological polar surface area (TPSA) is 55.3 Å². The molecule has 2 aromatic rings. The van der Waals surface area contributed by atoms with Crippen molar-refractivity contribution in [3.05, 3.63) is 69.7 Å². The van der Waals surface area contributed by atoms with Gasteiger partial charge in [-0.05, 0) is 29.3 Å². The second-order valence-electron chi connectivity index (χ2n) is 4.83. The molecule has 1 amide bonds. The standard InChI is InChI=1S/C16H14Cl3N3O2/c1-2-5-24-16(23)22(9-11-3-4-13(17)20-8-11)10-12-6-14(18)21-15(19)7-12/h2-4,6-8H,1,5,9-10H2. The minimum Gasteiger partial charge on any atom is -0.445 e. The normalized spacial score (nSPS) is 10.3. The van der Waals surface area contributed by atoms with Crippen LogP contribution in [0.2, 0.25) is 15.5 Å². The SMILES string of the molecule is C=CCOC(=O)N(Cc1ccc(Cl)nc1)Cc1cc(Cl)nc(Cl)c1. The first kappa shape index (κ1) is 18.5. The molecule has 0 unspecified atom stereocenters. The number of pyridine rings is 2. The van der Waals surface area contributed by atoms with Crippen LogP contribution < -0.4 is 0 Å². The molecule has 0 aliphatic heterocycles. The van der Waals surface area contributed by atoms with Crippen molar-refractivity contribution < 1.29 is 9.53 Å². The number of carbonyl (C=O) groups excluding carboxylic acids is 1. The number of ether oxygens (including phenoxy) is 1. The van der Waals surface area contributed by atoms with Crippen LogP contribution in [0.15, 0.2) is 43.1 Å². The summed E-state index contributed by atoms with van der Waals surface area (Å²) in [7, 11) is 0. The fraction of sp³-hybridized carbons (Fsp3) is 0.188. The summed E-state index contributed by atoms with van der Waals surface area (Å²) >= 11 is 17.6. The largest absolute Gasteiger partial charge is 0.445 e. The van der Waals surface area contributed by atoms with E-state index < -0.39 is 6.09 Å². The highest BCUT2D eigenvalue weighted by Crippen LogP contribution is 2.18. The predicted octanol–water partition coefficient (Wildman–Crippen LogP) is 4.76. The molecule has 2 heterocycles. The molecule has 5 nitrogen and oxygen atoms in total. The van der Waals surface area contributed by atoms with E-state index in [1.807, 2.05) is 0 Å². The van der Waals surface area contributed by atoms with Gasteiger partial charge in [0.1, 0.15) is 22.1 Å². The molecular weight excluding hydrogens is 373 g/mol. The molecule has 0 bridgehead atoms. The van der Waals surface area contributed by atoms with Gasteiger partial charge in [0, 0.05) is 12.7 Å². The minimum atomic E-state index is -0.492. The smallest absolute Gasteiger partial charge is 0.410 e. The van der Waals surface area contributed by atoms with Crippen molar-refractivity contribution in [1.29, 1.82) is 0 Å². The lowest BCUT2D eigenvalue weighted by Crippen LogP contribution is -2.31. The highest BCUT2D eigenvalue weighted by Gasteiger charge is 2.17. The van der Waals surface area contributed by atoms with Gasteiger partial charge in [0.25, 0.3) is 0 Å². The number of halogens is 3. The number of hydrogen-bond acceptors (Lipinski definition) is 4. The van der Waals surface area contributed by atoms with E-state index in [9.17, 15) is 4.79 Å². The van der Waals surface area contributed by atoms with E-state index >= 15 is 0 Å². The summed E-state index contributed by atoms with van der Waals surface area (Å²) in [6.07, 6.45) is 2.61. The van der Waals surface area contributed by atoms with Crippen molar-refractivity contribution in [1.82, 2.24) is 14.9 Å². The molecule has 24 heavy (non-hydrogen) atoms. The van der Waals surface area contributed by atoms with Crippen LogP contribution in [-0.2, 0) is 17.8 Å². The number of amides is 1. The Kier molecular flexibility index (Phi) is 6.85. The minimum absolute atomic E-state index is 0.117. The summed E-state index contributed by atoms with van der Waals surface area (Å²) in [6.45, 7) is 4.19. The molecule has 2 rings (SSSR count). The van der Waals surface area contributed by atoms with E-state index in [-0.39, 0.29) is 30.0 Å². The number of carbonyl (C=O) groups is 1. The summed E-state index contributed by atoms with van der Waals surface area (Å²) in [5.41, 5.74) is 1.54. The first-order valence-corrected chi connectivity index (χ1v) is 8.06. The number of nitrogens with zero attached hydrogens (tertiary/aromatic N) is 3. The van der Waals surface area contributed by atoms with E-state index in [2.05, 4.69) is 16.5 Å². The van der Waals surface area contributed by atoms with Crippen LogP contribution in [0.1, 0.15) is 11.1 Å². The molecule has 0 aromatic carbocycles. The van der Waals surface area contributed by atoms with E-state index in [4.69, 9.17) is 39.5 Å². The van der Waals surface area contributed by atoms with E-state index in [0.29, 0.717) is 5.15 Å². The van der Waals surface area contributed by atoms with E-state index in [1.165, 1.54) is 11.0 Å². The van der Waals surface area contributed by atoms with Gasteiger partial charge in [0.05, 0.1) is 6.54 Å². The Bertz CT molecular complexity index is 703. The molecule has 0 spiro atoms. The lowest BCUT2D eigenvalue weighted by molar-refractivity contribution is 0.107. The first-order valence-electron chi connectivity index (χ1n) is 6.93. The molecule has 0 saturated carbocycles. The Morgan fingerprint density at radius 1 is 1.12 bits per heavy atom. The summed E-state index contributed by atoms with van der Waals surface area (Å²) in [5.74, 6) is 0. The van der Waals surface area contributed by atoms with Gasteiger partial charge in [0.2, 0.25) is 0 Å². The first-order chi connectivity index (χ1) is 11.5. The maximum atomic E-state index is 12.3. The molecule has 0 radical (unpaired) electrons. The highest BCUT2D eigenvalue weighted by molar-refractivity contribution is 6.32. The van der Waals surface area contributed by atoms with Crippen LogP contribution in [0.4, 0.5) is 4.79 Å². The van der Waals surface area contributed by atoms with Crippen LogP contribution in [0, 0.1) is 0 Å². The summed E-state index contributed by atoms with van der Waals surface area (Å²) < 4.78 is 5.12. The zero-order valence-corrected chi connectivity index (χ0v) is 14.9. The molecule has 0 aliphatic carbocycles. The lowest BCUT2D eigenvalue weighted by Gasteiger charge is -2.22. The second kappa shape index (κ2) is 8.87. The Labute approximate surface area is 154 Å². The van der Waals surface area contributed by atoms with Gasteiger partial charge in [-0.2, -0.15) is 0 Å². The fourth-order valence-corrected chi connectivity index (χ4v) is 2.57. The van der Waals surface area contributed by atoms with E-state index in [0.717, 1.165) is 11.1 Å². The van der Waals surface area contributed by atoms with Crippen molar-refractivity contribution in [2.75, 3.05) is 6.61 Å². The van der Waals surface area contributed by atoms with Gasteiger partial charge < -0.3 is 4.74 Å². The van der Waals surface area contributed by atoms with E-state index in [1.54, 1.807) is 30.5 Å². The lowest BCUT2D eigenvalue weighted by atomic mass is 10.2. The van der Waals surface area contributed by atoms with Crippen molar-refractivity contribution in [2.45, 2.75) is 13.1 Å². The van der Waals surface area contributed by atoms with Crippen LogP contribution in [0.5, 0.6) is 0 Å². The molecule has 0 N–H and O–H groups in total. The van der Waals surface area contributed by atoms with Gasteiger partial charge >= 0.3 is 6.09 Å². The summed E-state index contributed by atoms with van der Waals surface area (Å²) in [6, 6.07) is 6.72. The average Bonchev–Trinajstić information content (AvgIpc) is 2.53. The molecule has 126 valence electrons. The molecule has 8 heteroatoms. The van der Waals surface area contributed by atoms with Crippen molar-refractivity contribution in [2.24, 2.45) is 0 Å². The third-order valence-electron chi connectivity index (χ3n) is 2.94. The molecule has 2 aromatic heterocycles. The third kappa shape index (κ3) is 5.67. The van der Waals surface area contributed by atoms with Crippen LogP contribution in [0.25, 0.3) is 0 Å². The fourth-order valence-electron chi connectivity index (χ4n) is 1.95. The van der Waals surface area contributed by atoms with Gasteiger partial charge in [-0.25, -0.2) is 14.8 Å². The molecule has 0 atom stereocenters. The van der Waals surface area contributed by atoms with Crippen molar-refractivity contribution in [3.8, 4) is 0 Å². The monoisotopic (exact) mass is 385 g/mol. The Morgan fingerprint density at radius 2 is 1.79 bits per heavy atom. The highest BCUT2D eigenvalue weighted by atomic mass is 35.5. The van der Waals surface area contributed by atoms with Gasteiger partial charge in [0.15, 0.2) is 0 Å². The van der Waals surface area contributed by atoms with Crippen molar-refractivity contribution >= 4 is 40.9 Å². The third-order valence-corrected chi connectivity index (χ3v) is 3.55. The summed E-state index contributed by atoms with van der Waals surface area (Å²) in [5, 5.41) is 0.891.